The van der Waals surface area contributed by atoms with Crippen LogP contribution in [-0.2, 0) is 5.41 Å². The van der Waals surface area contributed by atoms with Gasteiger partial charge in [-0.3, -0.25) is 0 Å². The van der Waals surface area contributed by atoms with E-state index in [0.717, 1.165) is 0 Å². The van der Waals surface area contributed by atoms with Crippen LogP contribution in [0.3, 0.4) is 0 Å². The Bertz CT molecular complexity index is 662. The highest BCUT2D eigenvalue weighted by Gasteiger charge is 2.22. The number of hydrogen-bond donors (Lipinski definition) is 0. The van der Waals surface area contributed by atoms with Crippen molar-refractivity contribution < 1.29 is 0 Å². The average Bonchev–Trinajstić information content (AvgIpc) is 2.87. The van der Waals surface area contributed by atoms with E-state index >= 15 is 0 Å². The van der Waals surface area contributed by atoms with Crippen LogP contribution in [0, 0.1) is 0 Å². The van der Waals surface area contributed by atoms with Crippen LogP contribution >= 0.6 is 11.3 Å². The maximum atomic E-state index is 2.33. The number of fused-ring (bicyclic) bond motifs is 1. The van der Waals surface area contributed by atoms with E-state index in [4.69, 9.17) is 0 Å². The molecule has 0 unspecified atom stereocenters. The molecule has 0 N–H and O–H groups in total. The van der Waals surface area contributed by atoms with Crippen molar-refractivity contribution in [2.75, 3.05) is 0 Å². The van der Waals surface area contributed by atoms with Gasteiger partial charge < -0.3 is 0 Å². The summed E-state index contributed by atoms with van der Waals surface area (Å²) in [6.07, 6.45) is 0. The first-order valence-corrected chi connectivity index (χ1v) is 7.09. The maximum absolute atomic E-state index is 2.33. The summed E-state index contributed by atoms with van der Waals surface area (Å²) in [5, 5.41) is 3.50. The van der Waals surface area contributed by atoms with Gasteiger partial charge in [-0.1, -0.05) is 56.3 Å². The van der Waals surface area contributed by atoms with Crippen LogP contribution in [0.1, 0.15) is 25.0 Å². The zero-order valence-electron chi connectivity index (χ0n) is 10.7. The first-order valence-electron chi connectivity index (χ1n) is 6.21. The molecule has 1 heterocycles. The molecule has 1 heteroatoms. The molecular weight excluding hydrogens is 236 g/mol. The van der Waals surface area contributed by atoms with Crippen molar-refractivity contribution >= 4 is 21.4 Å². The fourth-order valence-corrected chi connectivity index (χ4v) is 3.19. The van der Waals surface area contributed by atoms with Crippen molar-refractivity contribution in [3.63, 3.8) is 0 Å². The van der Waals surface area contributed by atoms with Gasteiger partial charge >= 0.3 is 0 Å². The summed E-state index contributed by atoms with van der Waals surface area (Å²) < 4.78 is 1.37. The Kier molecular flexibility index (Phi) is 2.71. The van der Waals surface area contributed by atoms with E-state index in [1.54, 1.807) is 0 Å². The lowest BCUT2D eigenvalue weighted by molar-refractivity contribution is 0.642. The van der Waals surface area contributed by atoms with Gasteiger partial charge in [0, 0.05) is 10.1 Å². The molecule has 18 heavy (non-hydrogen) atoms. The smallest absolute Gasteiger partial charge is 0.0345 e. The molecule has 0 radical (unpaired) electrons. The summed E-state index contributed by atoms with van der Waals surface area (Å²) in [5.41, 5.74) is 2.80. The molecule has 0 amide bonds. The van der Waals surface area contributed by atoms with Crippen LogP contribution < -0.4 is 0 Å². The Morgan fingerprint density at radius 1 is 0.833 bits per heavy atom. The van der Waals surface area contributed by atoms with E-state index in [9.17, 15) is 0 Å². The molecule has 0 fully saturated rings. The lowest BCUT2D eigenvalue weighted by Gasteiger charge is -2.26. The molecule has 0 aliphatic rings. The van der Waals surface area contributed by atoms with Crippen molar-refractivity contribution in [3.05, 3.63) is 71.1 Å². The quantitative estimate of drug-likeness (QED) is 0.586. The SMILES string of the molecule is CC(C)(c1ccccc1)c1ccc2ccsc2c1. The van der Waals surface area contributed by atoms with Crippen LogP contribution in [-0.4, -0.2) is 0 Å². The molecule has 0 nitrogen and oxygen atoms in total. The minimum atomic E-state index is 0.0550. The first-order chi connectivity index (χ1) is 8.68. The van der Waals surface area contributed by atoms with E-state index in [-0.39, 0.29) is 5.41 Å². The summed E-state index contributed by atoms with van der Waals surface area (Å²) in [6, 6.07) is 19.7. The third kappa shape index (κ3) is 1.85. The summed E-state index contributed by atoms with van der Waals surface area (Å²) in [4.78, 5) is 0. The molecule has 0 aliphatic heterocycles. The predicted molar refractivity (Wildman–Crippen MR) is 80.4 cm³/mol. The highest BCUT2D eigenvalue weighted by Crippen LogP contribution is 2.34. The number of rotatable bonds is 2. The molecular formula is C17H16S. The van der Waals surface area contributed by atoms with Gasteiger partial charge in [-0.15, -0.1) is 11.3 Å². The van der Waals surface area contributed by atoms with E-state index < -0.39 is 0 Å². The Labute approximate surface area is 112 Å². The van der Waals surface area contributed by atoms with Gasteiger partial charge in [0.15, 0.2) is 0 Å². The standard InChI is InChI=1S/C17H16S/c1-17(2,14-6-4-3-5-7-14)15-9-8-13-10-11-18-16(13)12-15/h3-12H,1-2H3. The maximum Gasteiger partial charge on any atom is 0.0345 e. The van der Waals surface area contributed by atoms with Crippen LogP contribution in [0.5, 0.6) is 0 Å². The normalized spacial score (nSPS) is 11.9. The second-order valence-electron chi connectivity index (χ2n) is 5.16. The number of benzene rings is 2. The molecule has 0 spiro atoms. The highest BCUT2D eigenvalue weighted by molar-refractivity contribution is 7.17. The topological polar surface area (TPSA) is 0 Å². The Morgan fingerprint density at radius 2 is 1.61 bits per heavy atom. The highest BCUT2D eigenvalue weighted by atomic mass is 32.1. The van der Waals surface area contributed by atoms with Gasteiger partial charge in [0.25, 0.3) is 0 Å². The van der Waals surface area contributed by atoms with E-state index in [2.05, 4.69) is 73.8 Å². The van der Waals surface area contributed by atoms with Crippen LogP contribution in [0.4, 0.5) is 0 Å². The zero-order chi connectivity index (χ0) is 12.6. The third-order valence-electron chi connectivity index (χ3n) is 3.67. The minimum absolute atomic E-state index is 0.0550. The fourth-order valence-electron chi connectivity index (χ4n) is 2.36. The summed E-state index contributed by atoms with van der Waals surface area (Å²) in [6.45, 7) is 4.58. The molecule has 0 saturated heterocycles. The molecule has 0 aliphatic carbocycles. The molecule has 3 rings (SSSR count). The van der Waals surface area contributed by atoms with Crippen molar-refractivity contribution in [1.29, 1.82) is 0 Å². The lowest BCUT2D eigenvalue weighted by Crippen LogP contribution is -2.18. The second kappa shape index (κ2) is 4.25. The second-order valence-corrected chi connectivity index (χ2v) is 6.11. The molecule has 3 aromatic rings. The van der Waals surface area contributed by atoms with E-state index in [0.29, 0.717) is 0 Å². The van der Waals surface area contributed by atoms with Crippen molar-refractivity contribution in [2.24, 2.45) is 0 Å². The molecule has 1 aromatic heterocycles. The average molecular weight is 252 g/mol. The van der Waals surface area contributed by atoms with Gasteiger partial charge in [0.1, 0.15) is 0 Å². The van der Waals surface area contributed by atoms with Gasteiger partial charge in [0.2, 0.25) is 0 Å². The first kappa shape index (κ1) is 11.5. The number of thiophene rings is 1. The van der Waals surface area contributed by atoms with Crippen molar-refractivity contribution in [1.82, 2.24) is 0 Å². The van der Waals surface area contributed by atoms with Crippen LogP contribution in [0.2, 0.25) is 0 Å². The number of hydrogen-bond acceptors (Lipinski definition) is 1. The molecule has 0 atom stereocenters. The van der Waals surface area contributed by atoms with Crippen LogP contribution in [0.15, 0.2) is 60.0 Å². The van der Waals surface area contributed by atoms with Gasteiger partial charge in [-0.05, 0) is 34.0 Å². The summed E-state index contributed by atoms with van der Waals surface area (Å²) in [7, 11) is 0. The molecule has 90 valence electrons. The molecule has 2 aromatic carbocycles. The Hall–Kier alpha value is -1.60. The third-order valence-corrected chi connectivity index (χ3v) is 4.55. The molecule has 0 saturated carbocycles. The monoisotopic (exact) mass is 252 g/mol. The Morgan fingerprint density at radius 3 is 2.39 bits per heavy atom. The predicted octanol–water partition coefficient (Wildman–Crippen LogP) is 5.23. The minimum Gasteiger partial charge on any atom is -0.144 e. The summed E-state index contributed by atoms with van der Waals surface area (Å²) >= 11 is 1.81. The largest absolute Gasteiger partial charge is 0.144 e. The Balaban J connectivity index is 2.12. The fraction of sp³-hybridized carbons (Fsp3) is 0.176. The van der Waals surface area contributed by atoms with Gasteiger partial charge in [0.05, 0.1) is 0 Å². The lowest BCUT2D eigenvalue weighted by atomic mass is 9.78. The summed E-state index contributed by atoms with van der Waals surface area (Å²) in [5.74, 6) is 0. The van der Waals surface area contributed by atoms with E-state index in [1.807, 2.05) is 11.3 Å². The van der Waals surface area contributed by atoms with Crippen molar-refractivity contribution in [3.8, 4) is 0 Å². The van der Waals surface area contributed by atoms with Gasteiger partial charge in [-0.25, -0.2) is 0 Å². The van der Waals surface area contributed by atoms with E-state index in [1.165, 1.54) is 21.2 Å². The zero-order valence-corrected chi connectivity index (χ0v) is 11.5. The van der Waals surface area contributed by atoms with Crippen molar-refractivity contribution in [2.45, 2.75) is 19.3 Å². The van der Waals surface area contributed by atoms with Gasteiger partial charge in [-0.2, -0.15) is 0 Å². The molecule has 0 bridgehead atoms. The van der Waals surface area contributed by atoms with Crippen LogP contribution in [0.25, 0.3) is 10.1 Å².